The van der Waals surface area contributed by atoms with Crippen molar-refractivity contribution < 1.29 is 9.53 Å². The summed E-state index contributed by atoms with van der Waals surface area (Å²) < 4.78 is 8.62. The number of halogens is 2. The van der Waals surface area contributed by atoms with Gasteiger partial charge >= 0.3 is 5.97 Å². The van der Waals surface area contributed by atoms with Gasteiger partial charge in [-0.2, -0.15) is 0 Å². The number of pyridine rings is 1. The van der Waals surface area contributed by atoms with Crippen molar-refractivity contribution >= 4 is 45.0 Å². The summed E-state index contributed by atoms with van der Waals surface area (Å²) in [6.45, 7) is 0. The summed E-state index contributed by atoms with van der Waals surface area (Å²) in [5, 5.41) is 4.12. The Hall–Kier alpha value is -2.83. The minimum Gasteiger partial charge on any atom is -0.423 e. The van der Waals surface area contributed by atoms with Crippen LogP contribution in [-0.2, 0) is 0 Å². The van der Waals surface area contributed by atoms with Crippen LogP contribution in [0, 0.1) is 0 Å². The van der Waals surface area contributed by atoms with E-state index >= 15 is 0 Å². The van der Waals surface area contributed by atoms with E-state index in [0.29, 0.717) is 22.4 Å². The number of hydrogen-bond donors (Lipinski definition) is 1. The van der Waals surface area contributed by atoms with Crippen LogP contribution in [0.3, 0.4) is 0 Å². The molecule has 0 atom stereocenters. The third kappa shape index (κ3) is 4.77. The Morgan fingerprint density at radius 1 is 1.03 bits per heavy atom. The van der Waals surface area contributed by atoms with Gasteiger partial charge < -0.3 is 10.1 Å². The Bertz CT molecular complexity index is 1300. The fourth-order valence-corrected chi connectivity index (χ4v) is 4.82. The molecule has 0 saturated heterocycles. The van der Waals surface area contributed by atoms with Gasteiger partial charge in [-0.3, -0.25) is 4.40 Å². The van der Waals surface area contributed by atoms with Crippen LogP contribution in [0.15, 0.2) is 71.3 Å². The van der Waals surface area contributed by atoms with Crippen molar-refractivity contribution in [3.8, 4) is 17.0 Å². The van der Waals surface area contributed by atoms with Crippen molar-refractivity contribution in [2.75, 3.05) is 5.32 Å². The molecule has 33 heavy (non-hydrogen) atoms. The van der Waals surface area contributed by atoms with Crippen LogP contribution < -0.4 is 10.1 Å². The number of hydrogen-bond acceptors (Lipinski definition) is 4. The molecule has 0 amide bonds. The van der Waals surface area contributed by atoms with Gasteiger partial charge in [-0.15, -0.1) is 0 Å². The minimum absolute atomic E-state index is 0.341. The third-order valence-electron chi connectivity index (χ3n) is 5.96. The molecule has 0 bridgehead atoms. The van der Waals surface area contributed by atoms with Gasteiger partial charge in [0.05, 0.1) is 10.6 Å². The first-order valence-electron chi connectivity index (χ1n) is 11.1. The summed E-state index contributed by atoms with van der Waals surface area (Å²) >= 11 is 9.70. The lowest BCUT2D eigenvalue weighted by Gasteiger charge is -2.24. The maximum atomic E-state index is 12.5. The van der Waals surface area contributed by atoms with Gasteiger partial charge in [0, 0.05) is 22.3 Å². The Balaban J connectivity index is 1.44. The molecule has 1 saturated carbocycles. The van der Waals surface area contributed by atoms with Crippen LogP contribution in [0.4, 0.5) is 5.82 Å². The highest BCUT2D eigenvalue weighted by molar-refractivity contribution is 9.10. The average Bonchev–Trinajstić information content (AvgIpc) is 3.18. The molecule has 0 spiro atoms. The number of benzene rings is 2. The van der Waals surface area contributed by atoms with Gasteiger partial charge in [-0.05, 0) is 77.3 Å². The van der Waals surface area contributed by atoms with Crippen molar-refractivity contribution in [3.63, 3.8) is 0 Å². The molecule has 1 fully saturated rings. The zero-order valence-corrected chi connectivity index (χ0v) is 20.3. The molecular formula is C26H23BrClN3O2. The number of nitrogens with one attached hydrogen (secondary N) is 1. The van der Waals surface area contributed by atoms with Crippen LogP contribution >= 0.6 is 27.5 Å². The van der Waals surface area contributed by atoms with Crippen molar-refractivity contribution in [2.24, 2.45) is 0 Å². The number of anilines is 1. The number of fused-ring (bicyclic) bond motifs is 1. The Morgan fingerprint density at radius 2 is 1.79 bits per heavy atom. The molecule has 5 rings (SSSR count). The van der Waals surface area contributed by atoms with Gasteiger partial charge in [-0.25, -0.2) is 9.78 Å². The molecule has 7 heteroatoms. The monoisotopic (exact) mass is 523 g/mol. The van der Waals surface area contributed by atoms with Crippen LogP contribution in [-0.4, -0.2) is 21.4 Å². The van der Waals surface area contributed by atoms with E-state index in [4.69, 9.17) is 21.3 Å². The lowest BCUT2D eigenvalue weighted by Crippen LogP contribution is -2.23. The molecule has 168 valence electrons. The fraction of sp³-hybridized carbons (Fsp3) is 0.231. The summed E-state index contributed by atoms with van der Waals surface area (Å²) in [6.07, 6.45) is 8.17. The number of carbonyl (C=O) groups is 1. The number of rotatable bonds is 5. The first-order chi connectivity index (χ1) is 16.1. The maximum Gasteiger partial charge on any atom is 0.345 e. The molecule has 4 aromatic rings. The molecule has 0 aliphatic heterocycles. The SMILES string of the molecule is O=C(Oc1ccc(-c2nc3ccc(Br)cn3c2NC2CCCCC2)cc1)c1ccccc1Cl. The Kier molecular flexibility index (Phi) is 6.38. The largest absolute Gasteiger partial charge is 0.423 e. The van der Waals surface area contributed by atoms with E-state index in [2.05, 4.69) is 25.6 Å². The number of imidazole rings is 1. The van der Waals surface area contributed by atoms with Crippen molar-refractivity contribution in [1.29, 1.82) is 0 Å². The van der Waals surface area contributed by atoms with Crippen LogP contribution in [0.2, 0.25) is 5.02 Å². The van der Waals surface area contributed by atoms with Crippen molar-refractivity contribution in [2.45, 2.75) is 38.1 Å². The first-order valence-corrected chi connectivity index (χ1v) is 12.3. The summed E-state index contributed by atoms with van der Waals surface area (Å²) in [5.74, 6) is 0.960. The van der Waals surface area contributed by atoms with Crippen LogP contribution in [0.1, 0.15) is 42.5 Å². The molecule has 1 aliphatic rings. The van der Waals surface area contributed by atoms with Gasteiger partial charge in [0.2, 0.25) is 0 Å². The number of esters is 1. The minimum atomic E-state index is -0.481. The zero-order valence-electron chi connectivity index (χ0n) is 17.9. The predicted octanol–water partition coefficient (Wildman–Crippen LogP) is 7.38. The molecular weight excluding hydrogens is 502 g/mol. The van der Waals surface area contributed by atoms with E-state index in [0.717, 1.165) is 40.0 Å². The highest BCUT2D eigenvalue weighted by Crippen LogP contribution is 2.33. The van der Waals surface area contributed by atoms with Crippen molar-refractivity contribution in [1.82, 2.24) is 9.38 Å². The first kappa shape index (κ1) is 22.0. The van der Waals surface area contributed by atoms with E-state index in [-0.39, 0.29) is 0 Å². The molecule has 0 unspecified atom stereocenters. The molecule has 2 heterocycles. The van der Waals surface area contributed by atoms with Gasteiger partial charge in [0.1, 0.15) is 22.9 Å². The second kappa shape index (κ2) is 9.57. The Labute approximate surface area is 205 Å². The van der Waals surface area contributed by atoms with Crippen molar-refractivity contribution in [3.05, 3.63) is 81.9 Å². The molecule has 0 radical (unpaired) electrons. The van der Waals surface area contributed by atoms with E-state index in [9.17, 15) is 4.79 Å². The van der Waals surface area contributed by atoms with Crippen LogP contribution in [0.25, 0.3) is 16.9 Å². The summed E-state index contributed by atoms with van der Waals surface area (Å²) in [4.78, 5) is 17.4. The van der Waals surface area contributed by atoms with Gasteiger partial charge in [0.15, 0.2) is 0 Å². The zero-order chi connectivity index (χ0) is 22.8. The third-order valence-corrected chi connectivity index (χ3v) is 6.76. The quantitative estimate of drug-likeness (QED) is 0.219. The second-order valence-corrected chi connectivity index (χ2v) is 9.58. The van der Waals surface area contributed by atoms with Gasteiger partial charge in [-0.1, -0.05) is 43.0 Å². The Morgan fingerprint density at radius 3 is 2.55 bits per heavy atom. The van der Waals surface area contributed by atoms with E-state index in [1.807, 2.05) is 30.5 Å². The topological polar surface area (TPSA) is 55.6 Å². The second-order valence-electron chi connectivity index (χ2n) is 8.26. The summed E-state index contributed by atoms with van der Waals surface area (Å²) in [5.41, 5.74) is 3.04. The summed E-state index contributed by atoms with van der Waals surface area (Å²) in [6, 6.07) is 18.7. The smallest absolute Gasteiger partial charge is 0.345 e. The lowest BCUT2D eigenvalue weighted by molar-refractivity contribution is 0.0735. The molecule has 2 aromatic carbocycles. The lowest BCUT2D eigenvalue weighted by atomic mass is 9.95. The maximum absolute atomic E-state index is 12.5. The van der Waals surface area contributed by atoms with E-state index in [1.54, 1.807) is 36.4 Å². The number of nitrogens with zero attached hydrogens (tertiary/aromatic N) is 2. The predicted molar refractivity (Wildman–Crippen MR) is 135 cm³/mol. The highest BCUT2D eigenvalue weighted by Gasteiger charge is 2.20. The standard InChI is InChI=1S/C26H23BrClN3O2/c27-18-12-15-23-30-24(25(31(23)16-18)29-19-6-2-1-3-7-19)17-10-13-20(14-11-17)33-26(32)21-8-4-5-9-22(21)28/h4-5,8-16,19,29H,1-3,6-7H2. The normalized spacial score (nSPS) is 14.4. The van der Waals surface area contributed by atoms with E-state index in [1.165, 1.54) is 19.3 Å². The summed E-state index contributed by atoms with van der Waals surface area (Å²) in [7, 11) is 0. The molecule has 5 nitrogen and oxygen atoms in total. The van der Waals surface area contributed by atoms with Gasteiger partial charge in [0.25, 0.3) is 0 Å². The number of ether oxygens (including phenoxy) is 1. The van der Waals surface area contributed by atoms with E-state index < -0.39 is 5.97 Å². The molecule has 1 N–H and O–H groups in total. The molecule has 1 aliphatic carbocycles. The fourth-order valence-electron chi connectivity index (χ4n) is 4.27. The highest BCUT2D eigenvalue weighted by atomic mass is 79.9. The average molecular weight is 525 g/mol. The van der Waals surface area contributed by atoms with Crippen LogP contribution in [0.5, 0.6) is 5.75 Å². The number of carbonyl (C=O) groups excluding carboxylic acids is 1. The number of aromatic nitrogens is 2. The molecule has 2 aromatic heterocycles.